The Kier molecular flexibility index (Phi) is 5.74. The third-order valence-electron chi connectivity index (χ3n) is 3.01. The maximum absolute atomic E-state index is 12.3. The first-order chi connectivity index (χ1) is 11.1. The standard InChI is InChI=1S/C18H20N2O3/c1-3-10-23-17-9-4-6-14(11-17)18(22)20-16-8-5-7-15(12-16)19-13(2)21/h4-9,11-12H,3,10H2,1-2H3,(H,19,21)(H,20,22). The Balaban J connectivity index is 2.08. The van der Waals surface area contributed by atoms with Crippen LogP contribution in [0, 0.1) is 0 Å². The lowest BCUT2D eigenvalue weighted by Gasteiger charge is -2.09. The Morgan fingerprint density at radius 2 is 1.70 bits per heavy atom. The van der Waals surface area contributed by atoms with E-state index in [0.29, 0.717) is 29.3 Å². The lowest BCUT2D eigenvalue weighted by molar-refractivity contribution is -0.114. The number of carbonyl (C=O) groups is 2. The fourth-order valence-corrected chi connectivity index (χ4v) is 2.03. The van der Waals surface area contributed by atoms with E-state index in [4.69, 9.17) is 4.74 Å². The minimum atomic E-state index is -0.230. The van der Waals surface area contributed by atoms with Crippen molar-refractivity contribution in [1.29, 1.82) is 0 Å². The quantitative estimate of drug-likeness (QED) is 0.855. The molecule has 0 saturated heterocycles. The molecule has 0 bridgehead atoms. The van der Waals surface area contributed by atoms with Gasteiger partial charge in [-0.1, -0.05) is 19.1 Å². The number of benzene rings is 2. The molecule has 2 amide bonds. The molecule has 2 N–H and O–H groups in total. The molecule has 5 heteroatoms. The number of hydrogen-bond acceptors (Lipinski definition) is 3. The van der Waals surface area contributed by atoms with Crippen molar-refractivity contribution in [3.63, 3.8) is 0 Å². The zero-order valence-corrected chi connectivity index (χ0v) is 13.3. The second kappa shape index (κ2) is 7.98. The molecule has 23 heavy (non-hydrogen) atoms. The maximum atomic E-state index is 12.3. The van der Waals surface area contributed by atoms with Gasteiger partial charge in [-0.05, 0) is 42.8 Å². The molecule has 0 atom stereocenters. The van der Waals surface area contributed by atoms with Gasteiger partial charge in [0, 0.05) is 23.9 Å². The molecule has 5 nitrogen and oxygen atoms in total. The molecule has 0 saturated carbocycles. The minimum absolute atomic E-state index is 0.158. The van der Waals surface area contributed by atoms with Crippen LogP contribution in [0.15, 0.2) is 48.5 Å². The summed E-state index contributed by atoms with van der Waals surface area (Å²) in [5.74, 6) is 0.285. The van der Waals surface area contributed by atoms with Crippen LogP contribution in [0.25, 0.3) is 0 Å². The summed E-state index contributed by atoms with van der Waals surface area (Å²) >= 11 is 0. The van der Waals surface area contributed by atoms with Crippen molar-refractivity contribution in [3.8, 4) is 5.75 Å². The maximum Gasteiger partial charge on any atom is 0.255 e. The molecule has 120 valence electrons. The van der Waals surface area contributed by atoms with Crippen molar-refractivity contribution in [3.05, 3.63) is 54.1 Å². The molecule has 2 aromatic carbocycles. The second-order valence-electron chi connectivity index (χ2n) is 5.09. The fraction of sp³-hybridized carbons (Fsp3) is 0.222. The number of rotatable bonds is 6. The topological polar surface area (TPSA) is 67.4 Å². The summed E-state index contributed by atoms with van der Waals surface area (Å²) in [5, 5.41) is 5.49. The van der Waals surface area contributed by atoms with Crippen LogP contribution < -0.4 is 15.4 Å². The highest BCUT2D eigenvalue weighted by atomic mass is 16.5. The van der Waals surface area contributed by atoms with Crippen LogP contribution in [-0.2, 0) is 4.79 Å². The first-order valence-corrected chi connectivity index (χ1v) is 7.50. The van der Waals surface area contributed by atoms with Crippen LogP contribution >= 0.6 is 0 Å². The lowest BCUT2D eigenvalue weighted by atomic mass is 10.2. The molecule has 0 heterocycles. The van der Waals surface area contributed by atoms with Gasteiger partial charge in [0.25, 0.3) is 5.91 Å². The van der Waals surface area contributed by atoms with E-state index in [-0.39, 0.29) is 11.8 Å². The molecule has 0 radical (unpaired) electrons. The smallest absolute Gasteiger partial charge is 0.255 e. The molecule has 0 aliphatic carbocycles. The number of amides is 2. The second-order valence-corrected chi connectivity index (χ2v) is 5.09. The van der Waals surface area contributed by atoms with Crippen LogP contribution in [-0.4, -0.2) is 18.4 Å². The average molecular weight is 312 g/mol. The number of carbonyl (C=O) groups excluding carboxylic acids is 2. The van der Waals surface area contributed by atoms with Gasteiger partial charge in [0.15, 0.2) is 0 Å². The summed E-state index contributed by atoms with van der Waals surface area (Å²) < 4.78 is 5.53. The highest BCUT2D eigenvalue weighted by Gasteiger charge is 2.08. The molecule has 0 aliphatic rings. The lowest BCUT2D eigenvalue weighted by Crippen LogP contribution is -2.12. The summed E-state index contributed by atoms with van der Waals surface area (Å²) in [6, 6.07) is 14.0. The van der Waals surface area contributed by atoms with Crippen molar-refractivity contribution in [2.45, 2.75) is 20.3 Å². The van der Waals surface area contributed by atoms with Crippen molar-refractivity contribution >= 4 is 23.2 Å². The Bertz CT molecular complexity index is 698. The highest BCUT2D eigenvalue weighted by Crippen LogP contribution is 2.18. The van der Waals surface area contributed by atoms with Crippen LogP contribution in [0.4, 0.5) is 11.4 Å². The normalized spacial score (nSPS) is 10.0. The van der Waals surface area contributed by atoms with E-state index in [1.165, 1.54) is 6.92 Å². The first kappa shape index (κ1) is 16.5. The predicted octanol–water partition coefficient (Wildman–Crippen LogP) is 3.69. The Morgan fingerprint density at radius 3 is 2.39 bits per heavy atom. The van der Waals surface area contributed by atoms with Crippen LogP contribution in [0.1, 0.15) is 30.6 Å². The van der Waals surface area contributed by atoms with E-state index in [1.54, 1.807) is 42.5 Å². The van der Waals surface area contributed by atoms with E-state index in [0.717, 1.165) is 6.42 Å². The van der Waals surface area contributed by atoms with Crippen LogP contribution in [0.5, 0.6) is 5.75 Å². The van der Waals surface area contributed by atoms with Crippen molar-refractivity contribution in [2.24, 2.45) is 0 Å². The molecular weight excluding hydrogens is 292 g/mol. The van der Waals surface area contributed by atoms with Crippen LogP contribution in [0.3, 0.4) is 0 Å². The molecule has 0 aromatic heterocycles. The van der Waals surface area contributed by atoms with Gasteiger partial charge in [-0.3, -0.25) is 9.59 Å². The van der Waals surface area contributed by atoms with Gasteiger partial charge in [0.2, 0.25) is 5.91 Å². The largest absolute Gasteiger partial charge is 0.494 e. The number of anilines is 2. The fourth-order valence-electron chi connectivity index (χ4n) is 2.03. The number of ether oxygens (including phenoxy) is 1. The van der Waals surface area contributed by atoms with E-state index in [1.807, 2.05) is 13.0 Å². The van der Waals surface area contributed by atoms with Gasteiger partial charge < -0.3 is 15.4 Å². The van der Waals surface area contributed by atoms with E-state index in [2.05, 4.69) is 10.6 Å². The average Bonchev–Trinajstić information content (AvgIpc) is 2.53. The molecule has 0 aliphatic heterocycles. The summed E-state index contributed by atoms with van der Waals surface area (Å²) in [5.41, 5.74) is 1.76. The third-order valence-corrected chi connectivity index (χ3v) is 3.01. The van der Waals surface area contributed by atoms with Gasteiger partial charge in [-0.2, -0.15) is 0 Å². The summed E-state index contributed by atoms with van der Waals surface area (Å²) in [6.45, 7) is 4.08. The Morgan fingerprint density at radius 1 is 1.00 bits per heavy atom. The Labute approximate surface area is 135 Å². The minimum Gasteiger partial charge on any atom is -0.494 e. The van der Waals surface area contributed by atoms with Crippen molar-refractivity contribution < 1.29 is 14.3 Å². The van der Waals surface area contributed by atoms with E-state index >= 15 is 0 Å². The van der Waals surface area contributed by atoms with Gasteiger partial charge in [-0.25, -0.2) is 0 Å². The molecule has 0 spiro atoms. The summed E-state index contributed by atoms with van der Waals surface area (Å²) in [7, 11) is 0. The highest BCUT2D eigenvalue weighted by molar-refractivity contribution is 6.04. The molecule has 2 aromatic rings. The summed E-state index contributed by atoms with van der Waals surface area (Å²) in [4.78, 5) is 23.4. The SMILES string of the molecule is CCCOc1cccc(C(=O)Nc2cccc(NC(C)=O)c2)c1. The first-order valence-electron chi connectivity index (χ1n) is 7.50. The number of nitrogens with one attached hydrogen (secondary N) is 2. The van der Waals surface area contributed by atoms with Gasteiger partial charge in [0.1, 0.15) is 5.75 Å². The molecular formula is C18H20N2O3. The van der Waals surface area contributed by atoms with Crippen molar-refractivity contribution in [1.82, 2.24) is 0 Å². The van der Waals surface area contributed by atoms with E-state index in [9.17, 15) is 9.59 Å². The Hall–Kier alpha value is -2.82. The zero-order chi connectivity index (χ0) is 16.7. The summed E-state index contributed by atoms with van der Waals surface area (Å²) in [6.07, 6.45) is 0.909. The van der Waals surface area contributed by atoms with Crippen LogP contribution in [0.2, 0.25) is 0 Å². The monoisotopic (exact) mass is 312 g/mol. The van der Waals surface area contributed by atoms with Gasteiger partial charge in [0.05, 0.1) is 6.61 Å². The molecule has 0 fully saturated rings. The number of hydrogen-bond donors (Lipinski definition) is 2. The molecule has 0 unspecified atom stereocenters. The predicted molar refractivity (Wildman–Crippen MR) is 90.9 cm³/mol. The zero-order valence-electron chi connectivity index (χ0n) is 13.3. The molecule has 2 rings (SSSR count). The van der Waals surface area contributed by atoms with Gasteiger partial charge >= 0.3 is 0 Å². The van der Waals surface area contributed by atoms with Gasteiger partial charge in [-0.15, -0.1) is 0 Å². The van der Waals surface area contributed by atoms with Crippen molar-refractivity contribution in [2.75, 3.05) is 17.2 Å². The third kappa shape index (κ3) is 5.14. The van der Waals surface area contributed by atoms with E-state index < -0.39 is 0 Å².